The maximum Gasteiger partial charge on any atom is 0.251 e. The minimum atomic E-state index is -0.00655. The highest BCUT2D eigenvalue weighted by molar-refractivity contribution is 9.10. The minimum Gasteiger partial charge on any atom is -0.352 e. The smallest absolute Gasteiger partial charge is 0.251 e. The first-order valence-electron chi connectivity index (χ1n) is 5.69. The van der Waals surface area contributed by atoms with Gasteiger partial charge in [0.1, 0.15) is 0 Å². The van der Waals surface area contributed by atoms with Crippen molar-refractivity contribution in [3.8, 4) is 0 Å². The Labute approximate surface area is 119 Å². The highest BCUT2D eigenvalue weighted by Crippen LogP contribution is 2.17. The van der Waals surface area contributed by atoms with Crippen molar-refractivity contribution in [3.63, 3.8) is 0 Å². The summed E-state index contributed by atoms with van der Waals surface area (Å²) in [6.07, 6.45) is 2.06. The quantitative estimate of drug-likeness (QED) is 0.621. The third kappa shape index (κ3) is 5.21. The van der Waals surface area contributed by atoms with E-state index in [1.54, 1.807) is 0 Å². The van der Waals surface area contributed by atoms with Gasteiger partial charge in [0.15, 0.2) is 0 Å². The molecule has 0 spiro atoms. The van der Waals surface area contributed by atoms with Crippen molar-refractivity contribution in [1.29, 1.82) is 0 Å². The number of nitrogens with one attached hydrogen (secondary N) is 1. The summed E-state index contributed by atoms with van der Waals surface area (Å²) in [5.41, 5.74) is 1.84. The second kappa shape index (κ2) is 7.17. The fraction of sp³-hybridized carbons (Fsp3) is 0.462. The number of hydrogen-bond acceptors (Lipinski definition) is 1. The Morgan fingerprint density at radius 3 is 2.76 bits per heavy atom. The first-order valence-corrected chi connectivity index (χ1v) is 7.40. The molecule has 0 aromatic heterocycles. The Bertz CT molecular complexity index is 391. The molecule has 0 aliphatic rings. The van der Waals surface area contributed by atoms with E-state index in [9.17, 15) is 4.79 Å². The van der Waals surface area contributed by atoms with E-state index < -0.39 is 0 Å². The van der Waals surface area contributed by atoms with Crippen LogP contribution in [0, 0.1) is 6.92 Å². The summed E-state index contributed by atoms with van der Waals surface area (Å²) in [6.45, 7) is 4.84. The SMILES string of the molecule is Cc1ccc(C(=O)NCCCC(C)Br)cc1Br. The number of carbonyl (C=O) groups is 1. The lowest BCUT2D eigenvalue weighted by atomic mass is 10.1. The zero-order valence-electron chi connectivity index (χ0n) is 10.1. The molecular formula is C13H17Br2NO. The molecule has 0 radical (unpaired) electrons. The van der Waals surface area contributed by atoms with E-state index in [0.29, 0.717) is 10.4 Å². The Morgan fingerprint density at radius 2 is 2.18 bits per heavy atom. The third-order valence-corrected chi connectivity index (χ3v) is 3.81. The normalized spacial score (nSPS) is 12.2. The second-order valence-electron chi connectivity index (χ2n) is 4.14. The van der Waals surface area contributed by atoms with Gasteiger partial charge in [-0.1, -0.05) is 44.8 Å². The highest BCUT2D eigenvalue weighted by atomic mass is 79.9. The lowest BCUT2D eigenvalue weighted by Gasteiger charge is -2.07. The van der Waals surface area contributed by atoms with Crippen LogP contribution in [0.4, 0.5) is 0 Å². The number of amides is 1. The first-order chi connectivity index (χ1) is 8.00. The molecule has 2 nitrogen and oxygen atoms in total. The average molecular weight is 363 g/mol. The summed E-state index contributed by atoms with van der Waals surface area (Å²) in [6, 6.07) is 5.65. The Balaban J connectivity index is 2.44. The van der Waals surface area contributed by atoms with Crippen LogP contribution in [-0.4, -0.2) is 17.3 Å². The number of alkyl halides is 1. The van der Waals surface area contributed by atoms with Crippen LogP contribution in [0.2, 0.25) is 0 Å². The van der Waals surface area contributed by atoms with Crippen molar-refractivity contribution < 1.29 is 4.79 Å². The van der Waals surface area contributed by atoms with Crippen molar-refractivity contribution in [1.82, 2.24) is 5.32 Å². The minimum absolute atomic E-state index is 0.00655. The van der Waals surface area contributed by atoms with Gasteiger partial charge in [-0.3, -0.25) is 4.79 Å². The number of benzene rings is 1. The molecule has 0 heterocycles. The van der Waals surface area contributed by atoms with E-state index >= 15 is 0 Å². The van der Waals surface area contributed by atoms with Crippen molar-refractivity contribution in [2.45, 2.75) is 31.5 Å². The van der Waals surface area contributed by atoms with Crippen molar-refractivity contribution in [2.75, 3.05) is 6.54 Å². The summed E-state index contributed by atoms with van der Waals surface area (Å²) in [5, 5.41) is 2.92. The van der Waals surface area contributed by atoms with Crippen LogP contribution in [-0.2, 0) is 0 Å². The van der Waals surface area contributed by atoms with Crippen molar-refractivity contribution in [2.24, 2.45) is 0 Å². The molecule has 17 heavy (non-hydrogen) atoms. The molecule has 1 aromatic carbocycles. The lowest BCUT2D eigenvalue weighted by Crippen LogP contribution is -2.24. The molecule has 0 saturated carbocycles. The molecule has 0 aliphatic heterocycles. The van der Waals surface area contributed by atoms with Gasteiger partial charge in [-0.15, -0.1) is 0 Å². The van der Waals surface area contributed by atoms with Crippen LogP contribution in [0.3, 0.4) is 0 Å². The van der Waals surface area contributed by atoms with E-state index in [2.05, 4.69) is 44.1 Å². The molecule has 1 unspecified atom stereocenters. The van der Waals surface area contributed by atoms with Crippen LogP contribution in [0.25, 0.3) is 0 Å². The molecule has 0 fully saturated rings. The number of hydrogen-bond donors (Lipinski definition) is 1. The van der Waals surface area contributed by atoms with E-state index in [1.165, 1.54) is 0 Å². The number of carbonyl (C=O) groups excluding carboxylic acids is 1. The molecule has 1 amide bonds. The molecule has 94 valence electrons. The zero-order chi connectivity index (χ0) is 12.8. The van der Waals surface area contributed by atoms with Gasteiger partial charge >= 0.3 is 0 Å². The van der Waals surface area contributed by atoms with Crippen molar-refractivity contribution in [3.05, 3.63) is 33.8 Å². The first kappa shape index (κ1) is 14.7. The van der Waals surface area contributed by atoms with Crippen molar-refractivity contribution >= 4 is 37.8 Å². The van der Waals surface area contributed by atoms with E-state index in [0.717, 1.165) is 29.4 Å². The van der Waals surface area contributed by atoms with Gasteiger partial charge in [-0.2, -0.15) is 0 Å². The summed E-state index contributed by atoms with van der Waals surface area (Å²) in [5.74, 6) is -0.00655. The van der Waals surface area contributed by atoms with Gasteiger partial charge in [-0.05, 0) is 37.5 Å². The van der Waals surface area contributed by atoms with Gasteiger partial charge < -0.3 is 5.32 Å². The predicted octanol–water partition coefficient (Wildman–Crippen LogP) is 4.05. The zero-order valence-corrected chi connectivity index (χ0v) is 13.3. The summed E-state index contributed by atoms with van der Waals surface area (Å²) in [7, 11) is 0. The third-order valence-electron chi connectivity index (χ3n) is 2.50. The van der Waals surface area contributed by atoms with Gasteiger partial charge in [0.05, 0.1) is 0 Å². The number of aryl methyl sites for hydroxylation is 1. The number of halogens is 2. The van der Waals surface area contributed by atoms with Crippen LogP contribution < -0.4 is 5.32 Å². The van der Waals surface area contributed by atoms with E-state index in [1.807, 2.05) is 25.1 Å². The van der Waals surface area contributed by atoms with Crippen LogP contribution in [0.1, 0.15) is 35.7 Å². The van der Waals surface area contributed by atoms with Crippen LogP contribution in [0.15, 0.2) is 22.7 Å². The molecule has 0 saturated heterocycles. The fourth-order valence-electron chi connectivity index (χ4n) is 1.42. The molecule has 1 rings (SSSR count). The maximum absolute atomic E-state index is 11.8. The fourth-order valence-corrected chi connectivity index (χ4v) is 2.12. The summed E-state index contributed by atoms with van der Waals surface area (Å²) >= 11 is 6.91. The predicted molar refractivity (Wildman–Crippen MR) is 78.8 cm³/mol. The Hall–Kier alpha value is -0.350. The summed E-state index contributed by atoms with van der Waals surface area (Å²) < 4.78 is 0.972. The molecule has 0 aliphatic carbocycles. The Kier molecular flexibility index (Phi) is 6.20. The molecular weight excluding hydrogens is 346 g/mol. The van der Waals surface area contributed by atoms with Gasteiger partial charge in [0.2, 0.25) is 0 Å². The van der Waals surface area contributed by atoms with Gasteiger partial charge in [0, 0.05) is 21.4 Å². The van der Waals surface area contributed by atoms with Crippen LogP contribution >= 0.6 is 31.9 Å². The maximum atomic E-state index is 11.8. The summed E-state index contributed by atoms with van der Waals surface area (Å²) in [4.78, 5) is 12.3. The molecule has 0 bridgehead atoms. The second-order valence-corrected chi connectivity index (χ2v) is 6.56. The number of rotatable bonds is 5. The highest BCUT2D eigenvalue weighted by Gasteiger charge is 2.06. The molecule has 1 aromatic rings. The van der Waals surface area contributed by atoms with Gasteiger partial charge in [-0.25, -0.2) is 0 Å². The lowest BCUT2D eigenvalue weighted by molar-refractivity contribution is 0.0953. The van der Waals surface area contributed by atoms with E-state index in [-0.39, 0.29) is 5.91 Å². The monoisotopic (exact) mass is 361 g/mol. The largest absolute Gasteiger partial charge is 0.352 e. The van der Waals surface area contributed by atoms with E-state index in [4.69, 9.17) is 0 Å². The van der Waals surface area contributed by atoms with Crippen LogP contribution in [0.5, 0.6) is 0 Å². The standard InChI is InChI=1S/C13H17Br2NO/c1-9-5-6-11(8-12(9)15)13(17)16-7-3-4-10(2)14/h5-6,8,10H,3-4,7H2,1-2H3,(H,16,17). The average Bonchev–Trinajstić information content (AvgIpc) is 2.27. The molecule has 4 heteroatoms. The molecule has 1 atom stereocenters. The molecule has 1 N–H and O–H groups in total. The Morgan fingerprint density at radius 1 is 1.47 bits per heavy atom. The topological polar surface area (TPSA) is 29.1 Å². The van der Waals surface area contributed by atoms with Gasteiger partial charge in [0.25, 0.3) is 5.91 Å².